The molecule has 0 amide bonds. The minimum absolute atomic E-state index is 0.234. The Morgan fingerprint density at radius 2 is 1.61 bits per heavy atom. The van der Waals surface area contributed by atoms with Crippen LogP contribution in [0.3, 0.4) is 0 Å². The monoisotopic (exact) mass is 397 g/mol. The SMILES string of the molecule is CCOc1cc(CNc2ccc(O)cc2)c(Cl)cc1OCc1ccc(C)cc1. The van der Waals surface area contributed by atoms with Crippen LogP contribution in [0.2, 0.25) is 5.02 Å². The van der Waals surface area contributed by atoms with Gasteiger partial charge in [0.25, 0.3) is 0 Å². The first-order valence-corrected chi connectivity index (χ1v) is 9.59. The zero-order valence-electron chi connectivity index (χ0n) is 16.0. The topological polar surface area (TPSA) is 50.7 Å². The molecule has 0 unspecified atom stereocenters. The summed E-state index contributed by atoms with van der Waals surface area (Å²) >= 11 is 6.48. The molecule has 2 N–H and O–H groups in total. The van der Waals surface area contributed by atoms with E-state index in [4.69, 9.17) is 21.1 Å². The number of phenols is 1. The van der Waals surface area contributed by atoms with Crippen LogP contribution in [-0.4, -0.2) is 11.7 Å². The molecule has 3 rings (SSSR count). The molecule has 0 aliphatic carbocycles. The van der Waals surface area contributed by atoms with Crippen LogP contribution in [0.15, 0.2) is 60.7 Å². The van der Waals surface area contributed by atoms with Crippen molar-refractivity contribution < 1.29 is 14.6 Å². The molecule has 3 aromatic carbocycles. The van der Waals surface area contributed by atoms with Gasteiger partial charge in [-0.15, -0.1) is 0 Å². The van der Waals surface area contributed by atoms with Crippen LogP contribution in [0.1, 0.15) is 23.6 Å². The number of rotatable bonds is 8. The molecular weight excluding hydrogens is 374 g/mol. The summed E-state index contributed by atoms with van der Waals surface area (Å²) in [5.41, 5.74) is 4.10. The number of hydrogen-bond acceptors (Lipinski definition) is 4. The second-order valence-corrected chi connectivity index (χ2v) is 6.91. The first-order valence-electron chi connectivity index (χ1n) is 9.21. The number of nitrogens with one attached hydrogen (secondary N) is 1. The highest BCUT2D eigenvalue weighted by molar-refractivity contribution is 6.31. The molecule has 0 spiro atoms. The van der Waals surface area contributed by atoms with E-state index in [0.29, 0.717) is 36.3 Å². The van der Waals surface area contributed by atoms with Crippen LogP contribution in [0, 0.1) is 6.92 Å². The average molecular weight is 398 g/mol. The van der Waals surface area contributed by atoms with Gasteiger partial charge in [-0.2, -0.15) is 0 Å². The van der Waals surface area contributed by atoms with Crippen molar-refractivity contribution in [3.8, 4) is 17.2 Å². The molecule has 0 saturated heterocycles. The van der Waals surface area contributed by atoms with Gasteiger partial charge in [0, 0.05) is 23.3 Å². The Morgan fingerprint density at radius 1 is 0.929 bits per heavy atom. The molecule has 146 valence electrons. The summed E-state index contributed by atoms with van der Waals surface area (Å²) in [7, 11) is 0. The predicted molar refractivity (Wildman–Crippen MR) is 114 cm³/mol. The minimum Gasteiger partial charge on any atom is -0.508 e. The van der Waals surface area contributed by atoms with Gasteiger partial charge in [0.15, 0.2) is 11.5 Å². The second kappa shape index (κ2) is 9.38. The highest BCUT2D eigenvalue weighted by Crippen LogP contribution is 2.34. The Kier molecular flexibility index (Phi) is 6.66. The summed E-state index contributed by atoms with van der Waals surface area (Å²) in [5.74, 6) is 1.53. The van der Waals surface area contributed by atoms with Gasteiger partial charge < -0.3 is 19.9 Å². The maximum absolute atomic E-state index is 9.38. The largest absolute Gasteiger partial charge is 0.508 e. The number of ether oxygens (including phenoxy) is 2. The third-order valence-electron chi connectivity index (χ3n) is 4.28. The lowest BCUT2D eigenvalue weighted by atomic mass is 10.1. The number of anilines is 1. The molecule has 4 nitrogen and oxygen atoms in total. The molecule has 0 saturated carbocycles. The van der Waals surface area contributed by atoms with Gasteiger partial charge in [-0.25, -0.2) is 0 Å². The molecule has 3 aromatic rings. The maximum Gasteiger partial charge on any atom is 0.163 e. The third kappa shape index (κ3) is 5.33. The van der Waals surface area contributed by atoms with E-state index in [1.165, 1.54) is 5.56 Å². The van der Waals surface area contributed by atoms with Crippen LogP contribution in [-0.2, 0) is 13.2 Å². The normalized spacial score (nSPS) is 10.5. The average Bonchev–Trinajstić information content (AvgIpc) is 2.69. The zero-order chi connectivity index (χ0) is 19.9. The first-order chi connectivity index (χ1) is 13.5. The van der Waals surface area contributed by atoms with Crippen molar-refractivity contribution in [2.75, 3.05) is 11.9 Å². The van der Waals surface area contributed by atoms with Crippen molar-refractivity contribution in [1.82, 2.24) is 0 Å². The van der Waals surface area contributed by atoms with Gasteiger partial charge in [-0.05, 0) is 55.3 Å². The van der Waals surface area contributed by atoms with Crippen LogP contribution in [0.25, 0.3) is 0 Å². The molecule has 28 heavy (non-hydrogen) atoms. The number of aromatic hydroxyl groups is 1. The second-order valence-electron chi connectivity index (χ2n) is 6.50. The zero-order valence-corrected chi connectivity index (χ0v) is 16.8. The number of phenolic OH excluding ortho intramolecular Hbond substituents is 1. The van der Waals surface area contributed by atoms with Gasteiger partial charge in [0.05, 0.1) is 6.61 Å². The Hall–Kier alpha value is -2.85. The summed E-state index contributed by atoms with van der Waals surface area (Å²) in [4.78, 5) is 0. The number of aryl methyl sites for hydroxylation is 1. The number of benzene rings is 3. The van der Waals surface area contributed by atoms with E-state index in [-0.39, 0.29) is 5.75 Å². The van der Waals surface area contributed by atoms with Gasteiger partial charge in [0.1, 0.15) is 12.4 Å². The van der Waals surface area contributed by atoms with Crippen LogP contribution >= 0.6 is 11.6 Å². The lowest BCUT2D eigenvalue weighted by molar-refractivity contribution is 0.269. The summed E-state index contributed by atoms with van der Waals surface area (Å²) < 4.78 is 11.7. The van der Waals surface area contributed by atoms with Crippen molar-refractivity contribution >= 4 is 17.3 Å². The van der Waals surface area contributed by atoms with Crippen LogP contribution < -0.4 is 14.8 Å². The first kappa shape index (κ1) is 19.9. The van der Waals surface area contributed by atoms with Gasteiger partial charge in [-0.1, -0.05) is 41.4 Å². The smallest absolute Gasteiger partial charge is 0.163 e. The number of halogens is 1. The molecule has 0 fully saturated rings. The molecule has 0 bridgehead atoms. The molecule has 0 heterocycles. The fourth-order valence-corrected chi connectivity index (χ4v) is 2.94. The van der Waals surface area contributed by atoms with Crippen molar-refractivity contribution in [3.63, 3.8) is 0 Å². The van der Waals surface area contributed by atoms with E-state index in [9.17, 15) is 5.11 Å². The molecule has 0 radical (unpaired) electrons. The Bertz CT molecular complexity index is 908. The predicted octanol–water partition coefficient (Wildman–Crippen LogP) is 5.94. The molecular formula is C23H24ClNO3. The molecule has 0 aliphatic heterocycles. The van der Waals surface area contributed by atoms with E-state index in [0.717, 1.165) is 16.8 Å². The Labute approximate surface area is 170 Å². The Morgan fingerprint density at radius 3 is 2.29 bits per heavy atom. The van der Waals surface area contributed by atoms with E-state index in [1.807, 2.05) is 37.3 Å². The lowest BCUT2D eigenvalue weighted by Crippen LogP contribution is -2.04. The van der Waals surface area contributed by atoms with E-state index in [1.54, 1.807) is 18.2 Å². The fraction of sp³-hybridized carbons (Fsp3) is 0.217. The fourth-order valence-electron chi connectivity index (χ4n) is 2.72. The van der Waals surface area contributed by atoms with E-state index >= 15 is 0 Å². The summed E-state index contributed by atoms with van der Waals surface area (Å²) in [6, 6.07) is 18.8. The summed E-state index contributed by atoms with van der Waals surface area (Å²) in [6.45, 7) is 5.51. The van der Waals surface area contributed by atoms with Gasteiger partial charge in [-0.3, -0.25) is 0 Å². The third-order valence-corrected chi connectivity index (χ3v) is 4.63. The van der Waals surface area contributed by atoms with Crippen molar-refractivity contribution in [2.24, 2.45) is 0 Å². The lowest BCUT2D eigenvalue weighted by Gasteiger charge is -2.16. The molecule has 0 aliphatic rings. The number of hydrogen-bond donors (Lipinski definition) is 2. The molecule has 0 aromatic heterocycles. The van der Waals surface area contributed by atoms with E-state index < -0.39 is 0 Å². The van der Waals surface area contributed by atoms with Crippen molar-refractivity contribution in [1.29, 1.82) is 0 Å². The standard InChI is InChI=1S/C23H24ClNO3/c1-3-27-22-12-18(14-25-19-8-10-20(26)11-9-19)21(24)13-23(22)28-15-17-6-4-16(2)5-7-17/h4-13,25-26H,3,14-15H2,1-2H3. The highest BCUT2D eigenvalue weighted by atomic mass is 35.5. The van der Waals surface area contributed by atoms with Crippen LogP contribution in [0.4, 0.5) is 5.69 Å². The van der Waals surface area contributed by atoms with Crippen molar-refractivity contribution in [3.05, 3.63) is 82.4 Å². The maximum atomic E-state index is 9.38. The summed E-state index contributed by atoms with van der Waals surface area (Å²) in [5, 5.41) is 13.3. The summed E-state index contributed by atoms with van der Waals surface area (Å²) in [6.07, 6.45) is 0. The molecule has 0 atom stereocenters. The minimum atomic E-state index is 0.234. The highest BCUT2D eigenvalue weighted by Gasteiger charge is 2.12. The Balaban J connectivity index is 1.72. The molecule has 5 heteroatoms. The van der Waals surface area contributed by atoms with Crippen LogP contribution in [0.5, 0.6) is 17.2 Å². The van der Waals surface area contributed by atoms with Gasteiger partial charge in [0.2, 0.25) is 0 Å². The van der Waals surface area contributed by atoms with Crippen molar-refractivity contribution in [2.45, 2.75) is 27.0 Å². The van der Waals surface area contributed by atoms with E-state index in [2.05, 4.69) is 24.4 Å². The quantitative estimate of drug-likeness (QED) is 0.461. The van der Waals surface area contributed by atoms with Gasteiger partial charge >= 0.3 is 0 Å².